The molecule has 3 rings (SSSR count). The highest BCUT2D eigenvalue weighted by Crippen LogP contribution is 2.40. The fraction of sp³-hybridized carbons (Fsp3) is 0.438. The Bertz CT molecular complexity index is 700. The number of amides is 2. The maximum atomic E-state index is 12.3. The molecule has 0 aromatic rings. The van der Waals surface area contributed by atoms with Gasteiger partial charge in [-0.15, -0.1) is 11.8 Å². The highest BCUT2D eigenvalue weighted by molar-refractivity contribution is 8.00. The van der Waals surface area contributed by atoms with Crippen LogP contribution in [0.1, 0.15) is 12.8 Å². The molecule has 25 heavy (non-hydrogen) atoms. The molecule has 8 nitrogen and oxygen atoms in total. The Morgan fingerprint density at radius 3 is 2.88 bits per heavy atom. The largest absolute Gasteiger partial charge is 0.498 e. The van der Waals surface area contributed by atoms with Gasteiger partial charge in [0.2, 0.25) is 5.91 Å². The minimum Gasteiger partial charge on any atom is -0.498 e. The van der Waals surface area contributed by atoms with Crippen LogP contribution in [0, 0.1) is 0 Å². The smallest absolute Gasteiger partial charge is 0.356 e. The number of carboxylic acids is 1. The molecule has 0 radical (unpaired) electrons. The number of thioether (sulfide) groups is 1. The van der Waals surface area contributed by atoms with E-state index in [-0.39, 0.29) is 23.9 Å². The summed E-state index contributed by atoms with van der Waals surface area (Å²) in [6, 6.07) is -0.715. The van der Waals surface area contributed by atoms with E-state index in [9.17, 15) is 19.5 Å². The summed E-state index contributed by atoms with van der Waals surface area (Å²) in [6.45, 7) is 0.0752. The van der Waals surface area contributed by atoms with Gasteiger partial charge in [0.15, 0.2) is 5.70 Å². The van der Waals surface area contributed by atoms with E-state index in [1.807, 2.05) is 12.2 Å². The minimum absolute atomic E-state index is 0.0752. The van der Waals surface area contributed by atoms with E-state index in [1.54, 1.807) is 0 Å². The van der Waals surface area contributed by atoms with Gasteiger partial charge in [-0.25, -0.2) is 4.79 Å². The minimum atomic E-state index is -1.21. The highest BCUT2D eigenvalue weighted by Gasteiger charge is 2.54. The van der Waals surface area contributed by atoms with Crippen LogP contribution in [0.25, 0.3) is 0 Å². The van der Waals surface area contributed by atoms with Crippen molar-refractivity contribution in [2.24, 2.45) is 0 Å². The fourth-order valence-corrected chi connectivity index (χ4v) is 4.22. The lowest BCUT2D eigenvalue weighted by Gasteiger charge is -2.48. The number of methoxy groups -OCH3 is 1. The first-order valence-corrected chi connectivity index (χ1v) is 8.90. The summed E-state index contributed by atoms with van der Waals surface area (Å²) in [5.74, 6) is -1.34. The van der Waals surface area contributed by atoms with Gasteiger partial charge in [-0.05, 0) is 6.42 Å². The second-order valence-electron chi connectivity index (χ2n) is 5.73. The van der Waals surface area contributed by atoms with Gasteiger partial charge in [-0.3, -0.25) is 14.5 Å². The van der Waals surface area contributed by atoms with E-state index in [2.05, 4.69) is 16.7 Å². The predicted octanol–water partition coefficient (Wildman–Crippen LogP) is 0.152. The number of nitrogens with one attached hydrogen (secondary N) is 2. The summed E-state index contributed by atoms with van der Waals surface area (Å²) in [6.07, 6.45) is 7.68. The van der Waals surface area contributed by atoms with Gasteiger partial charge in [-0.2, -0.15) is 0 Å². The van der Waals surface area contributed by atoms with Gasteiger partial charge in [0, 0.05) is 12.1 Å². The van der Waals surface area contributed by atoms with Gasteiger partial charge < -0.3 is 20.5 Å². The summed E-state index contributed by atoms with van der Waals surface area (Å²) in [7, 11) is 1.38. The van der Waals surface area contributed by atoms with Crippen molar-refractivity contribution < 1.29 is 24.2 Å². The van der Waals surface area contributed by atoms with E-state index in [0.29, 0.717) is 5.75 Å². The Kier molecular flexibility index (Phi) is 5.03. The Labute approximate surface area is 149 Å². The maximum absolute atomic E-state index is 12.3. The van der Waals surface area contributed by atoms with E-state index in [0.717, 1.165) is 18.5 Å². The molecule has 2 aliphatic heterocycles. The lowest BCUT2D eigenvalue weighted by atomic mass is 10.0. The Balaban J connectivity index is 1.58. The lowest BCUT2D eigenvalue weighted by molar-refractivity contribution is -0.151. The number of carbonyl (C=O) groups is 3. The molecule has 0 aromatic carbocycles. The number of hydrogen-bond acceptors (Lipinski definition) is 6. The number of β-lactam (4-membered cyclic amide) rings is 1. The summed E-state index contributed by atoms with van der Waals surface area (Å²) < 4.78 is 5.06. The maximum Gasteiger partial charge on any atom is 0.356 e. The molecule has 3 aliphatic rings. The molecule has 3 N–H and O–H groups in total. The Morgan fingerprint density at radius 1 is 1.44 bits per heavy atom. The zero-order valence-electron chi connectivity index (χ0n) is 13.7. The normalized spacial score (nSPS) is 24.9. The molecule has 1 fully saturated rings. The van der Waals surface area contributed by atoms with E-state index < -0.39 is 23.3 Å². The van der Waals surface area contributed by atoms with Gasteiger partial charge in [0.05, 0.1) is 19.4 Å². The van der Waals surface area contributed by atoms with Crippen LogP contribution < -0.4 is 10.6 Å². The molecule has 2 heterocycles. The molecular formula is C16H19N3O5S. The van der Waals surface area contributed by atoms with Crippen molar-refractivity contribution >= 4 is 29.5 Å². The van der Waals surface area contributed by atoms with Crippen LogP contribution in [-0.4, -0.2) is 58.6 Å². The van der Waals surface area contributed by atoms with Crippen molar-refractivity contribution in [2.75, 3.05) is 19.4 Å². The van der Waals surface area contributed by atoms with Crippen LogP contribution in [0.3, 0.4) is 0 Å². The van der Waals surface area contributed by atoms with Crippen molar-refractivity contribution in [3.8, 4) is 0 Å². The van der Waals surface area contributed by atoms with Gasteiger partial charge in [0.25, 0.3) is 5.91 Å². The number of carbonyl (C=O) groups excluding carboxylic acids is 2. The third-order valence-corrected chi connectivity index (χ3v) is 5.43. The van der Waals surface area contributed by atoms with Gasteiger partial charge >= 0.3 is 5.97 Å². The van der Waals surface area contributed by atoms with Crippen molar-refractivity contribution in [1.82, 2.24) is 15.5 Å². The number of ether oxygens (including phenoxy) is 1. The number of aliphatic carboxylic acids is 1. The third kappa shape index (κ3) is 3.37. The third-order valence-electron chi connectivity index (χ3n) is 4.18. The molecule has 1 aliphatic carbocycles. The van der Waals surface area contributed by atoms with Crippen molar-refractivity contribution in [1.29, 1.82) is 0 Å². The van der Waals surface area contributed by atoms with Crippen LogP contribution in [0.15, 0.2) is 35.4 Å². The summed E-state index contributed by atoms with van der Waals surface area (Å²) in [5.41, 5.74) is 0.839. The molecule has 0 saturated carbocycles. The number of rotatable bonds is 6. The molecular weight excluding hydrogens is 346 g/mol. The van der Waals surface area contributed by atoms with Crippen molar-refractivity contribution in [3.05, 3.63) is 35.4 Å². The van der Waals surface area contributed by atoms with E-state index in [1.165, 1.54) is 23.8 Å². The quantitative estimate of drug-likeness (QED) is 0.454. The van der Waals surface area contributed by atoms with Gasteiger partial charge in [-0.1, -0.05) is 18.2 Å². The van der Waals surface area contributed by atoms with Crippen LogP contribution in [0.2, 0.25) is 0 Å². The molecule has 1 saturated heterocycles. The van der Waals surface area contributed by atoms with E-state index >= 15 is 0 Å². The monoisotopic (exact) mass is 365 g/mol. The molecule has 2 amide bonds. The number of hydrogen-bond donors (Lipinski definition) is 3. The molecule has 0 unspecified atom stereocenters. The number of nitrogens with zero attached hydrogens (tertiary/aromatic N) is 1. The first-order valence-electron chi connectivity index (χ1n) is 7.85. The van der Waals surface area contributed by atoms with Crippen molar-refractivity contribution in [2.45, 2.75) is 24.3 Å². The summed E-state index contributed by atoms with van der Waals surface area (Å²) >= 11 is 1.37. The van der Waals surface area contributed by atoms with Gasteiger partial charge in [0.1, 0.15) is 17.2 Å². The molecule has 0 spiro atoms. The molecule has 0 aromatic heterocycles. The molecule has 2 atom stereocenters. The first-order chi connectivity index (χ1) is 12.0. The summed E-state index contributed by atoms with van der Waals surface area (Å²) in [4.78, 5) is 37.0. The number of carboxylic acid groups (broad SMARTS) is 1. The zero-order valence-corrected chi connectivity index (χ0v) is 14.5. The average molecular weight is 365 g/mol. The number of allylic oxidation sites excluding steroid dienone is 3. The fourth-order valence-electron chi connectivity index (χ4n) is 2.91. The number of fused-ring (bicyclic) bond motifs is 1. The van der Waals surface area contributed by atoms with Crippen LogP contribution in [0.5, 0.6) is 0 Å². The SMILES string of the molecule is COC1=C(C(=O)O)N2C(=O)[C@@H](NC(=O)CNC3=CCC=CC3)[C@@H]2SC1. The molecule has 134 valence electrons. The second kappa shape index (κ2) is 7.22. The topological polar surface area (TPSA) is 108 Å². The predicted molar refractivity (Wildman–Crippen MR) is 91.2 cm³/mol. The van der Waals surface area contributed by atoms with Crippen LogP contribution >= 0.6 is 11.8 Å². The Morgan fingerprint density at radius 2 is 2.24 bits per heavy atom. The standard InChI is InChI=1S/C16H19N3O5S/c1-24-10-8-25-15-12(14(21)19(15)13(10)16(22)23)18-11(20)7-17-9-5-3-2-4-6-9/h2-3,6,12,15,17H,4-5,7-8H2,1H3,(H,18,20)(H,22,23)/t12-,15+/m1/s1. The highest BCUT2D eigenvalue weighted by atomic mass is 32.2. The Hall–Kier alpha value is -2.42. The lowest BCUT2D eigenvalue weighted by Crippen LogP contribution is -2.71. The van der Waals surface area contributed by atoms with Crippen LogP contribution in [-0.2, 0) is 19.1 Å². The second-order valence-corrected chi connectivity index (χ2v) is 6.84. The zero-order chi connectivity index (χ0) is 18.0. The first kappa shape index (κ1) is 17.4. The van der Waals surface area contributed by atoms with E-state index in [4.69, 9.17) is 4.74 Å². The van der Waals surface area contributed by atoms with Crippen LogP contribution in [0.4, 0.5) is 0 Å². The average Bonchev–Trinajstić information content (AvgIpc) is 2.63. The van der Waals surface area contributed by atoms with Crippen molar-refractivity contribution in [3.63, 3.8) is 0 Å². The molecule has 0 bridgehead atoms. The molecule has 9 heteroatoms. The summed E-state index contributed by atoms with van der Waals surface area (Å²) in [5, 5.41) is 14.6.